The topological polar surface area (TPSA) is 124 Å². The zero-order valence-corrected chi connectivity index (χ0v) is 18.7. The Morgan fingerprint density at radius 3 is 2.52 bits per heavy atom. The van der Waals surface area contributed by atoms with Gasteiger partial charge in [0.2, 0.25) is 0 Å². The molecule has 0 spiro atoms. The van der Waals surface area contributed by atoms with E-state index in [4.69, 9.17) is 17.0 Å². The lowest BCUT2D eigenvalue weighted by molar-refractivity contribution is -0.124. The van der Waals surface area contributed by atoms with E-state index in [1.165, 1.54) is 6.92 Å². The van der Waals surface area contributed by atoms with Crippen molar-refractivity contribution in [2.24, 2.45) is 0 Å². The normalized spacial score (nSPS) is 11.9. The first-order chi connectivity index (χ1) is 14.5. The number of aromatic amines is 1. The first kappa shape index (κ1) is 23.9. The molecule has 1 aromatic carbocycles. The first-order valence-corrected chi connectivity index (χ1v) is 9.98. The minimum absolute atomic E-state index is 0.107. The molecular formula is C21H27N5O4S. The maximum absolute atomic E-state index is 12.8. The van der Waals surface area contributed by atoms with Gasteiger partial charge in [0, 0.05) is 29.1 Å². The highest BCUT2D eigenvalue weighted by molar-refractivity contribution is 7.80. The number of ether oxygens (including phenoxy) is 1. The fourth-order valence-corrected chi connectivity index (χ4v) is 2.77. The predicted molar refractivity (Wildman–Crippen MR) is 122 cm³/mol. The van der Waals surface area contributed by atoms with Crippen LogP contribution in [0.4, 0.5) is 4.79 Å². The van der Waals surface area contributed by atoms with E-state index in [0.717, 1.165) is 16.5 Å². The van der Waals surface area contributed by atoms with E-state index in [9.17, 15) is 14.4 Å². The van der Waals surface area contributed by atoms with Crippen LogP contribution in [0.15, 0.2) is 42.6 Å². The number of thiocarbonyl (C=S) groups is 1. The number of carbonyl (C=O) groups excluding carboxylic acids is 3. The zero-order chi connectivity index (χ0) is 23.2. The van der Waals surface area contributed by atoms with E-state index >= 15 is 0 Å². The minimum atomic E-state index is -0.971. The molecule has 10 heteroatoms. The molecule has 2 rings (SSSR count). The number of benzene rings is 1. The molecule has 0 aliphatic rings. The van der Waals surface area contributed by atoms with Gasteiger partial charge in [-0.1, -0.05) is 24.8 Å². The molecule has 0 fully saturated rings. The van der Waals surface area contributed by atoms with E-state index < -0.39 is 29.6 Å². The number of para-hydroxylation sites is 1. The van der Waals surface area contributed by atoms with Crippen LogP contribution in [0.5, 0.6) is 0 Å². The summed E-state index contributed by atoms with van der Waals surface area (Å²) in [4.78, 5) is 39.8. The molecule has 0 aliphatic carbocycles. The van der Waals surface area contributed by atoms with Gasteiger partial charge in [-0.25, -0.2) is 4.79 Å². The van der Waals surface area contributed by atoms with Crippen LogP contribution in [-0.4, -0.2) is 39.6 Å². The van der Waals surface area contributed by atoms with Crippen LogP contribution < -0.4 is 21.5 Å². The summed E-state index contributed by atoms with van der Waals surface area (Å²) in [5.74, 6) is -1.04. The number of hydrogen-bond donors (Lipinski definition) is 5. The molecular weight excluding hydrogens is 418 g/mol. The van der Waals surface area contributed by atoms with Gasteiger partial charge in [-0.05, 0) is 51.5 Å². The lowest BCUT2D eigenvalue weighted by Gasteiger charge is -2.23. The molecule has 0 aliphatic heterocycles. The lowest BCUT2D eigenvalue weighted by atomic mass is 10.0. The number of hydrazine groups is 1. The van der Waals surface area contributed by atoms with Gasteiger partial charge in [0.25, 0.3) is 11.8 Å². The van der Waals surface area contributed by atoms with Crippen LogP contribution >= 0.6 is 12.2 Å². The van der Waals surface area contributed by atoms with E-state index in [1.54, 1.807) is 27.0 Å². The monoisotopic (exact) mass is 445 g/mol. The van der Waals surface area contributed by atoms with Gasteiger partial charge in [0.05, 0.1) is 0 Å². The molecule has 0 saturated carbocycles. The smallest absolute Gasteiger partial charge is 0.408 e. The van der Waals surface area contributed by atoms with E-state index in [-0.39, 0.29) is 17.1 Å². The molecule has 3 amide bonds. The number of amides is 3. The van der Waals surface area contributed by atoms with E-state index in [0.29, 0.717) is 0 Å². The van der Waals surface area contributed by atoms with Gasteiger partial charge >= 0.3 is 6.09 Å². The summed E-state index contributed by atoms with van der Waals surface area (Å²) < 4.78 is 5.28. The molecule has 31 heavy (non-hydrogen) atoms. The van der Waals surface area contributed by atoms with Crippen LogP contribution in [0, 0.1) is 0 Å². The third kappa shape index (κ3) is 7.41. The van der Waals surface area contributed by atoms with Gasteiger partial charge in [0.15, 0.2) is 5.11 Å². The fraction of sp³-hybridized carbons (Fsp3) is 0.333. The second-order valence-corrected chi connectivity index (χ2v) is 8.35. The fourth-order valence-electron chi connectivity index (χ4n) is 2.63. The summed E-state index contributed by atoms with van der Waals surface area (Å²) in [6.45, 7) is 10.2. The van der Waals surface area contributed by atoms with Gasteiger partial charge < -0.3 is 15.0 Å². The van der Waals surface area contributed by atoms with E-state index in [2.05, 4.69) is 33.0 Å². The number of H-pyrrole nitrogens is 1. The number of hydrogen-bond acceptors (Lipinski definition) is 5. The Hall–Kier alpha value is -3.40. The molecule has 1 atom stereocenters. The average molecular weight is 446 g/mol. The Bertz CT molecular complexity index is 1010. The second kappa shape index (κ2) is 10.1. The van der Waals surface area contributed by atoms with Crippen molar-refractivity contribution < 1.29 is 19.1 Å². The maximum atomic E-state index is 12.8. The van der Waals surface area contributed by atoms with Crippen molar-refractivity contribution in [2.45, 2.75) is 45.8 Å². The van der Waals surface area contributed by atoms with Crippen molar-refractivity contribution in [1.82, 2.24) is 26.5 Å². The Morgan fingerprint density at radius 1 is 1.19 bits per heavy atom. The zero-order valence-electron chi connectivity index (χ0n) is 17.9. The number of alkyl carbamates (subject to hydrolysis) is 1. The molecule has 2 aromatic rings. The highest BCUT2D eigenvalue weighted by Crippen LogP contribution is 2.19. The summed E-state index contributed by atoms with van der Waals surface area (Å²) in [5, 5.41) is 5.78. The van der Waals surface area contributed by atoms with Crippen molar-refractivity contribution in [1.29, 1.82) is 0 Å². The maximum Gasteiger partial charge on any atom is 0.408 e. The molecule has 1 aromatic heterocycles. The Labute approximate surface area is 186 Å². The van der Waals surface area contributed by atoms with Gasteiger partial charge in [0.1, 0.15) is 11.6 Å². The summed E-state index contributed by atoms with van der Waals surface area (Å²) in [5.41, 5.74) is 6.14. The van der Waals surface area contributed by atoms with Crippen molar-refractivity contribution >= 4 is 46.1 Å². The Kier molecular flexibility index (Phi) is 7.76. The molecule has 9 nitrogen and oxygen atoms in total. The molecule has 0 bridgehead atoms. The molecule has 5 N–H and O–H groups in total. The molecule has 1 heterocycles. The van der Waals surface area contributed by atoms with Gasteiger partial charge in [-0.15, -0.1) is 0 Å². The first-order valence-electron chi connectivity index (χ1n) is 9.57. The number of aromatic nitrogens is 1. The van der Waals surface area contributed by atoms with Crippen molar-refractivity contribution in [2.75, 3.05) is 0 Å². The van der Waals surface area contributed by atoms with Gasteiger partial charge in [-0.2, -0.15) is 0 Å². The summed E-state index contributed by atoms with van der Waals surface area (Å²) in [6.07, 6.45) is 1.25. The number of rotatable bonds is 5. The summed E-state index contributed by atoms with van der Waals surface area (Å²) >= 11 is 4.98. The second-order valence-electron chi connectivity index (χ2n) is 7.94. The quantitative estimate of drug-likeness (QED) is 0.273. The highest BCUT2D eigenvalue weighted by atomic mass is 32.1. The highest BCUT2D eigenvalue weighted by Gasteiger charge is 2.26. The Balaban J connectivity index is 2.11. The Morgan fingerprint density at radius 2 is 1.87 bits per heavy atom. The standard InChI is InChI=1S/C21H27N5O4S/c1-12(2)17(27)24-19(31)26-25-18(28)16(23-20(29)30-21(3,4)5)10-13-11-22-15-9-7-6-8-14(13)15/h6-9,11,16,22H,1,10H2,2-5H3,(H,23,29)(H,25,28)(H2,24,26,27,31)/t16-/m0/s1. The van der Waals surface area contributed by atoms with Crippen LogP contribution in [0.25, 0.3) is 10.9 Å². The van der Waals surface area contributed by atoms with E-state index in [1.807, 2.05) is 24.3 Å². The molecule has 0 radical (unpaired) electrons. The van der Waals surface area contributed by atoms with Gasteiger partial charge in [-0.3, -0.25) is 25.8 Å². The van der Waals surface area contributed by atoms with Crippen LogP contribution in [0.2, 0.25) is 0 Å². The summed E-state index contributed by atoms with van der Waals surface area (Å²) in [6, 6.07) is 6.65. The number of carbonyl (C=O) groups is 3. The third-order valence-corrected chi connectivity index (χ3v) is 4.22. The molecule has 166 valence electrons. The minimum Gasteiger partial charge on any atom is -0.444 e. The number of nitrogens with one attached hydrogen (secondary N) is 5. The average Bonchev–Trinajstić information content (AvgIpc) is 3.07. The molecule has 0 unspecified atom stereocenters. The predicted octanol–water partition coefficient (Wildman–Crippen LogP) is 2.20. The van der Waals surface area contributed by atoms with Crippen LogP contribution in [-0.2, 0) is 20.7 Å². The third-order valence-electron chi connectivity index (χ3n) is 4.02. The lowest BCUT2D eigenvalue weighted by Crippen LogP contribution is -2.55. The van der Waals surface area contributed by atoms with Crippen LogP contribution in [0.3, 0.4) is 0 Å². The van der Waals surface area contributed by atoms with Crippen molar-refractivity contribution in [3.05, 3.63) is 48.2 Å². The summed E-state index contributed by atoms with van der Waals surface area (Å²) in [7, 11) is 0. The largest absolute Gasteiger partial charge is 0.444 e. The molecule has 0 saturated heterocycles. The number of fused-ring (bicyclic) bond motifs is 1. The SMILES string of the molecule is C=C(C)C(=O)NC(=S)NNC(=O)[C@H](Cc1c[nH]c2ccccc12)NC(=O)OC(C)(C)C. The van der Waals surface area contributed by atoms with Crippen LogP contribution in [0.1, 0.15) is 33.3 Å². The van der Waals surface area contributed by atoms with Crippen molar-refractivity contribution in [3.8, 4) is 0 Å². The van der Waals surface area contributed by atoms with Crippen molar-refractivity contribution in [3.63, 3.8) is 0 Å².